The number of hydrazine groups is 1. The van der Waals surface area contributed by atoms with E-state index in [0.29, 0.717) is 6.42 Å². The Morgan fingerprint density at radius 2 is 1.81 bits per heavy atom. The molecule has 0 saturated carbocycles. The summed E-state index contributed by atoms with van der Waals surface area (Å²) in [5, 5.41) is 1.42. The molecule has 4 nitrogen and oxygen atoms in total. The molecule has 1 aromatic rings. The molecule has 1 aromatic carbocycles. The number of nitrogens with zero attached hydrogens (tertiary/aromatic N) is 1. The van der Waals surface area contributed by atoms with Crippen LogP contribution in [-0.2, 0) is 9.22 Å². The first kappa shape index (κ1) is 16.2. The fraction of sp³-hybridized carbons (Fsp3) is 0.562. The minimum Gasteiger partial charge on any atom is -0.405 e. The van der Waals surface area contributed by atoms with E-state index in [9.17, 15) is 4.79 Å². The molecule has 0 aliphatic carbocycles. The first-order chi connectivity index (χ1) is 9.63. The van der Waals surface area contributed by atoms with Gasteiger partial charge in [0, 0.05) is 6.42 Å². The number of carbonyl (C=O) groups excluding carboxylic acids is 1. The first-order valence-electron chi connectivity index (χ1n) is 7.44. The van der Waals surface area contributed by atoms with E-state index in [2.05, 4.69) is 33.9 Å². The van der Waals surface area contributed by atoms with E-state index in [4.69, 9.17) is 10.3 Å². The molecule has 1 saturated heterocycles. The Kier molecular flexibility index (Phi) is 4.28. The van der Waals surface area contributed by atoms with Crippen LogP contribution in [0.2, 0.25) is 18.1 Å². The Hall–Kier alpha value is -1.17. The minimum absolute atomic E-state index is 0.0809. The Labute approximate surface area is 128 Å². The zero-order chi connectivity index (χ0) is 15.8. The third-order valence-electron chi connectivity index (χ3n) is 4.73. The van der Waals surface area contributed by atoms with Gasteiger partial charge < -0.3 is 4.43 Å². The monoisotopic (exact) mass is 306 g/mol. The number of nitrogens with two attached hydrogens (primary N) is 1. The van der Waals surface area contributed by atoms with Crippen molar-refractivity contribution in [3.63, 3.8) is 0 Å². The summed E-state index contributed by atoms with van der Waals surface area (Å²) in [5.41, 5.74) is 1.06. The lowest BCUT2D eigenvalue weighted by molar-refractivity contribution is -0.135. The van der Waals surface area contributed by atoms with Gasteiger partial charge in [-0.25, -0.2) is 5.84 Å². The van der Waals surface area contributed by atoms with Crippen LogP contribution in [0.1, 0.15) is 38.8 Å². The van der Waals surface area contributed by atoms with Crippen LogP contribution in [0, 0.1) is 0 Å². The van der Waals surface area contributed by atoms with Crippen molar-refractivity contribution in [3.05, 3.63) is 35.9 Å². The van der Waals surface area contributed by atoms with Crippen molar-refractivity contribution >= 4 is 14.2 Å². The molecule has 1 heterocycles. The van der Waals surface area contributed by atoms with Gasteiger partial charge in [-0.05, 0) is 23.7 Å². The lowest BCUT2D eigenvalue weighted by Gasteiger charge is -2.37. The van der Waals surface area contributed by atoms with Crippen LogP contribution in [0.4, 0.5) is 0 Å². The summed E-state index contributed by atoms with van der Waals surface area (Å²) in [7, 11) is -1.97. The quantitative estimate of drug-likeness (QED) is 0.530. The largest absolute Gasteiger partial charge is 0.405 e. The van der Waals surface area contributed by atoms with Gasteiger partial charge in [0.1, 0.15) is 6.10 Å². The fourth-order valence-electron chi connectivity index (χ4n) is 2.34. The molecule has 116 valence electrons. The van der Waals surface area contributed by atoms with Gasteiger partial charge in [0.25, 0.3) is 5.91 Å². The van der Waals surface area contributed by atoms with E-state index in [1.165, 1.54) is 5.01 Å². The Balaban J connectivity index is 2.16. The molecule has 2 atom stereocenters. The van der Waals surface area contributed by atoms with Gasteiger partial charge >= 0.3 is 0 Å². The van der Waals surface area contributed by atoms with Crippen molar-refractivity contribution in [2.24, 2.45) is 5.84 Å². The second kappa shape index (κ2) is 5.55. The van der Waals surface area contributed by atoms with Crippen LogP contribution < -0.4 is 5.84 Å². The highest BCUT2D eigenvalue weighted by Gasteiger charge is 2.46. The normalized spacial score (nSPS) is 23.7. The van der Waals surface area contributed by atoms with Crippen molar-refractivity contribution in [1.29, 1.82) is 0 Å². The van der Waals surface area contributed by atoms with Crippen LogP contribution in [0.15, 0.2) is 30.3 Å². The van der Waals surface area contributed by atoms with Crippen molar-refractivity contribution in [1.82, 2.24) is 5.01 Å². The molecule has 0 spiro atoms. The van der Waals surface area contributed by atoms with Gasteiger partial charge in [-0.3, -0.25) is 9.80 Å². The number of amides is 1. The van der Waals surface area contributed by atoms with E-state index in [-0.39, 0.29) is 17.0 Å². The predicted molar refractivity (Wildman–Crippen MR) is 86.9 cm³/mol. The van der Waals surface area contributed by atoms with E-state index in [1.807, 2.05) is 30.3 Å². The first-order valence-corrected chi connectivity index (χ1v) is 10.3. The summed E-state index contributed by atoms with van der Waals surface area (Å²) in [6.45, 7) is 10.8. The third-order valence-corrected chi connectivity index (χ3v) is 9.22. The molecular formula is C16H26N2O2Si. The van der Waals surface area contributed by atoms with Crippen LogP contribution in [-0.4, -0.2) is 25.3 Å². The Morgan fingerprint density at radius 3 is 2.33 bits per heavy atom. The average molecular weight is 306 g/mol. The van der Waals surface area contributed by atoms with Crippen LogP contribution >= 0.6 is 0 Å². The fourth-order valence-corrected chi connectivity index (χ4v) is 3.60. The van der Waals surface area contributed by atoms with Crippen LogP contribution in [0.25, 0.3) is 0 Å². The zero-order valence-electron chi connectivity index (χ0n) is 13.6. The lowest BCUT2D eigenvalue weighted by atomic mass is 10.0. The summed E-state index contributed by atoms with van der Waals surface area (Å²) >= 11 is 0. The highest BCUT2D eigenvalue weighted by atomic mass is 28.4. The summed E-state index contributed by atoms with van der Waals surface area (Å²) < 4.78 is 6.27. The third kappa shape index (κ3) is 3.20. The van der Waals surface area contributed by atoms with Crippen molar-refractivity contribution in [2.45, 2.75) is 57.5 Å². The van der Waals surface area contributed by atoms with Gasteiger partial charge in [0.2, 0.25) is 0 Å². The minimum atomic E-state index is -1.97. The maximum atomic E-state index is 12.4. The van der Waals surface area contributed by atoms with E-state index >= 15 is 0 Å². The van der Waals surface area contributed by atoms with Gasteiger partial charge in [-0.2, -0.15) is 0 Å². The van der Waals surface area contributed by atoms with Crippen LogP contribution in [0.3, 0.4) is 0 Å². The molecule has 0 unspecified atom stereocenters. The molecule has 5 heteroatoms. The number of benzene rings is 1. The topological polar surface area (TPSA) is 55.6 Å². The smallest absolute Gasteiger partial charge is 0.265 e. The SMILES string of the molecule is CC(C)(C)[Si](C)(C)O[C@@H]1C[C@H](c2ccccc2)N(N)C1=O. The molecule has 2 N–H and O–H groups in total. The van der Waals surface area contributed by atoms with E-state index in [1.54, 1.807) is 0 Å². The highest BCUT2D eigenvalue weighted by molar-refractivity contribution is 6.74. The summed E-state index contributed by atoms with van der Waals surface area (Å²) in [5.74, 6) is 5.89. The zero-order valence-corrected chi connectivity index (χ0v) is 14.6. The molecule has 0 aromatic heterocycles. The second-order valence-electron chi connectivity index (χ2n) is 7.27. The molecule has 1 aliphatic heterocycles. The average Bonchev–Trinajstić information content (AvgIpc) is 2.66. The molecular weight excluding hydrogens is 280 g/mol. The van der Waals surface area contributed by atoms with E-state index in [0.717, 1.165) is 5.56 Å². The Morgan fingerprint density at radius 1 is 1.24 bits per heavy atom. The number of rotatable bonds is 3. The molecule has 2 rings (SSSR count). The summed E-state index contributed by atoms with van der Waals surface area (Å²) in [4.78, 5) is 12.4. The number of hydrogen-bond acceptors (Lipinski definition) is 3. The lowest BCUT2D eigenvalue weighted by Crippen LogP contribution is -2.46. The second-order valence-corrected chi connectivity index (χ2v) is 12.0. The maximum Gasteiger partial charge on any atom is 0.265 e. The molecule has 0 radical (unpaired) electrons. The predicted octanol–water partition coefficient (Wildman–Crippen LogP) is 3.22. The Bertz CT molecular complexity index is 511. The number of hydrogen-bond donors (Lipinski definition) is 1. The number of carbonyl (C=O) groups is 1. The molecule has 1 amide bonds. The van der Waals surface area contributed by atoms with Crippen molar-refractivity contribution in [3.8, 4) is 0 Å². The molecule has 1 aliphatic rings. The van der Waals surface area contributed by atoms with Crippen molar-refractivity contribution < 1.29 is 9.22 Å². The van der Waals surface area contributed by atoms with Gasteiger partial charge in [-0.1, -0.05) is 51.1 Å². The van der Waals surface area contributed by atoms with Gasteiger partial charge in [0.15, 0.2) is 8.32 Å². The van der Waals surface area contributed by atoms with Crippen LogP contribution in [0.5, 0.6) is 0 Å². The summed E-state index contributed by atoms with van der Waals surface area (Å²) in [6, 6.07) is 9.82. The highest BCUT2D eigenvalue weighted by Crippen LogP contribution is 2.40. The molecule has 0 bridgehead atoms. The summed E-state index contributed by atoms with van der Waals surface area (Å²) in [6.07, 6.45) is 0.215. The molecule has 1 fully saturated rings. The van der Waals surface area contributed by atoms with Crippen molar-refractivity contribution in [2.75, 3.05) is 0 Å². The van der Waals surface area contributed by atoms with Gasteiger partial charge in [-0.15, -0.1) is 0 Å². The molecule has 21 heavy (non-hydrogen) atoms. The standard InChI is InChI=1S/C16H26N2O2Si/c1-16(2,3)21(4,5)20-14-11-13(18(17)15(14)19)12-9-7-6-8-10-12/h6-10,13-14H,11,17H2,1-5H3/t13-,14-/m1/s1. The maximum absolute atomic E-state index is 12.4. The van der Waals surface area contributed by atoms with Gasteiger partial charge in [0.05, 0.1) is 6.04 Å². The van der Waals surface area contributed by atoms with E-state index < -0.39 is 14.4 Å².